The zero-order valence-electron chi connectivity index (χ0n) is 11.0. The van der Waals surface area contributed by atoms with E-state index in [9.17, 15) is 9.90 Å². The summed E-state index contributed by atoms with van der Waals surface area (Å²) < 4.78 is 0. The van der Waals surface area contributed by atoms with Gasteiger partial charge < -0.3 is 15.1 Å². The number of rotatable bonds is 4. The van der Waals surface area contributed by atoms with E-state index in [0.29, 0.717) is 6.54 Å². The number of hydrogen-bond acceptors (Lipinski definition) is 4. The lowest BCUT2D eigenvalue weighted by molar-refractivity contribution is 0.0582. The van der Waals surface area contributed by atoms with Crippen LogP contribution in [0.25, 0.3) is 0 Å². The largest absolute Gasteiger partial charge is 0.505 e. The maximum Gasteiger partial charge on any atom is 0.258 e. The highest BCUT2D eigenvalue weighted by molar-refractivity contribution is 5.96. The van der Waals surface area contributed by atoms with Crippen molar-refractivity contribution in [3.63, 3.8) is 0 Å². The van der Waals surface area contributed by atoms with Gasteiger partial charge in [0.25, 0.3) is 5.91 Å². The van der Waals surface area contributed by atoms with E-state index in [4.69, 9.17) is 5.11 Å². The summed E-state index contributed by atoms with van der Waals surface area (Å²) >= 11 is 0. The standard InChI is InChI=1S/C14H20N2O3/c17-9-8-16(11-4-2-1-3-5-11)14(19)12-6-7-15-10-13(12)18/h6-7,10-11,17-18H,1-5,8-9H2. The number of carbonyl (C=O) groups excluding carboxylic acids is 1. The Labute approximate surface area is 112 Å². The highest BCUT2D eigenvalue weighted by atomic mass is 16.3. The van der Waals surface area contributed by atoms with E-state index in [2.05, 4.69) is 4.98 Å². The Morgan fingerprint density at radius 2 is 2.11 bits per heavy atom. The van der Waals surface area contributed by atoms with E-state index in [1.54, 1.807) is 4.90 Å². The number of hydrogen-bond donors (Lipinski definition) is 2. The zero-order chi connectivity index (χ0) is 13.7. The maximum absolute atomic E-state index is 12.5. The number of carbonyl (C=O) groups is 1. The van der Waals surface area contributed by atoms with Crippen LogP contribution in [-0.2, 0) is 0 Å². The van der Waals surface area contributed by atoms with Gasteiger partial charge in [-0.3, -0.25) is 9.78 Å². The van der Waals surface area contributed by atoms with Crippen molar-refractivity contribution in [3.05, 3.63) is 24.0 Å². The number of aliphatic hydroxyl groups excluding tert-OH is 1. The van der Waals surface area contributed by atoms with Crippen molar-refractivity contribution < 1.29 is 15.0 Å². The number of pyridine rings is 1. The molecule has 0 radical (unpaired) electrons. The van der Waals surface area contributed by atoms with E-state index in [1.165, 1.54) is 24.9 Å². The van der Waals surface area contributed by atoms with Crippen molar-refractivity contribution in [3.8, 4) is 5.75 Å². The van der Waals surface area contributed by atoms with Gasteiger partial charge in [-0.2, -0.15) is 0 Å². The van der Waals surface area contributed by atoms with Gasteiger partial charge >= 0.3 is 0 Å². The van der Waals surface area contributed by atoms with E-state index in [1.807, 2.05) is 0 Å². The maximum atomic E-state index is 12.5. The van der Waals surface area contributed by atoms with Crippen LogP contribution in [0.3, 0.4) is 0 Å². The molecule has 1 heterocycles. The van der Waals surface area contributed by atoms with Gasteiger partial charge in [0.05, 0.1) is 18.4 Å². The normalized spacial score (nSPS) is 16.3. The molecule has 5 nitrogen and oxygen atoms in total. The summed E-state index contributed by atoms with van der Waals surface area (Å²) in [6.45, 7) is 0.249. The second-order valence-electron chi connectivity index (χ2n) is 4.91. The third-order valence-corrected chi connectivity index (χ3v) is 3.65. The second kappa shape index (κ2) is 6.52. The minimum Gasteiger partial charge on any atom is -0.505 e. The predicted octanol–water partition coefficient (Wildman–Crippen LogP) is 1.55. The second-order valence-corrected chi connectivity index (χ2v) is 4.91. The highest BCUT2D eigenvalue weighted by Crippen LogP contribution is 2.25. The van der Waals surface area contributed by atoms with Gasteiger partial charge in [0.2, 0.25) is 0 Å². The van der Waals surface area contributed by atoms with E-state index in [0.717, 1.165) is 25.7 Å². The van der Waals surface area contributed by atoms with Crippen LogP contribution in [0.5, 0.6) is 5.75 Å². The molecular weight excluding hydrogens is 244 g/mol. The van der Waals surface area contributed by atoms with Crippen molar-refractivity contribution in [2.24, 2.45) is 0 Å². The van der Waals surface area contributed by atoms with Gasteiger partial charge in [-0.1, -0.05) is 19.3 Å². The summed E-state index contributed by atoms with van der Waals surface area (Å²) in [4.78, 5) is 17.9. The fourth-order valence-electron chi connectivity index (χ4n) is 2.67. The summed E-state index contributed by atoms with van der Waals surface area (Å²) in [5.74, 6) is -0.327. The predicted molar refractivity (Wildman–Crippen MR) is 70.9 cm³/mol. The molecule has 1 aliphatic rings. The average molecular weight is 264 g/mol. The Balaban J connectivity index is 2.18. The molecule has 0 spiro atoms. The van der Waals surface area contributed by atoms with Gasteiger partial charge in [0.15, 0.2) is 0 Å². The van der Waals surface area contributed by atoms with Gasteiger partial charge in [-0.25, -0.2) is 0 Å². The Morgan fingerprint density at radius 3 is 2.74 bits per heavy atom. The summed E-state index contributed by atoms with van der Waals surface area (Å²) in [7, 11) is 0. The van der Waals surface area contributed by atoms with E-state index >= 15 is 0 Å². The molecule has 1 amide bonds. The van der Waals surface area contributed by atoms with Crippen LogP contribution in [0.15, 0.2) is 18.5 Å². The first-order valence-corrected chi connectivity index (χ1v) is 6.79. The van der Waals surface area contributed by atoms with Crippen LogP contribution >= 0.6 is 0 Å². The van der Waals surface area contributed by atoms with Gasteiger partial charge in [0.1, 0.15) is 5.75 Å². The van der Waals surface area contributed by atoms with Crippen molar-refractivity contribution in [1.29, 1.82) is 0 Å². The Bertz CT molecular complexity index is 430. The first kappa shape index (κ1) is 13.8. The van der Waals surface area contributed by atoms with Crippen molar-refractivity contribution in [1.82, 2.24) is 9.88 Å². The molecule has 2 rings (SSSR count). The van der Waals surface area contributed by atoms with Crippen molar-refractivity contribution >= 4 is 5.91 Å². The molecule has 104 valence electrons. The first-order chi connectivity index (χ1) is 9.24. The molecule has 0 unspecified atom stereocenters. The van der Waals surface area contributed by atoms with Gasteiger partial charge in [0, 0.05) is 18.8 Å². The quantitative estimate of drug-likeness (QED) is 0.865. The molecule has 0 aliphatic heterocycles. The molecule has 5 heteroatoms. The van der Waals surface area contributed by atoms with Gasteiger partial charge in [-0.15, -0.1) is 0 Å². The molecule has 0 bridgehead atoms. The minimum atomic E-state index is -0.221. The van der Waals surface area contributed by atoms with E-state index in [-0.39, 0.29) is 29.9 Å². The summed E-state index contributed by atoms with van der Waals surface area (Å²) in [6, 6.07) is 1.69. The van der Waals surface area contributed by atoms with E-state index < -0.39 is 0 Å². The number of nitrogens with zero attached hydrogens (tertiary/aromatic N) is 2. The smallest absolute Gasteiger partial charge is 0.258 e. The molecule has 1 fully saturated rings. The molecule has 1 aliphatic carbocycles. The number of aliphatic hydroxyl groups is 1. The molecule has 0 atom stereocenters. The molecule has 2 N–H and O–H groups in total. The Kier molecular flexibility index (Phi) is 4.74. The lowest BCUT2D eigenvalue weighted by Crippen LogP contribution is -2.43. The highest BCUT2D eigenvalue weighted by Gasteiger charge is 2.27. The summed E-state index contributed by atoms with van der Waals surface area (Å²) in [5, 5.41) is 18.9. The molecule has 0 saturated heterocycles. The number of aromatic nitrogens is 1. The van der Waals surface area contributed by atoms with Crippen LogP contribution in [0.1, 0.15) is 42.5 Å². The van der Waals surface area contributed by atoms with Crippen molar-refractivity contribution in [2.45, 2.75) is 38.1 Å². The lowest BCUT2D eigenvalue weighted by atomic mass is 9.93. The molecule has 0 aromatic carbocycles. The molecule has 1 saturated carbocycles. The van der Waals surface area contributed by atoms with Crippen LogP contribution in [0, 0.1) is 0 Å². The summed E-state index contributed by atoms with van der Waals surface area (Å²) in [6.07, 6.45) is 8.13. The van der Waals surface area contributed by atoms with Crippen molar-refractivity contribution in [2.75, 3.05) is 13.2 Å². The fraction of sp³-hybridized carbons (Fsp3) is 0.571. The SMILES string of the molecule is O=C(c1ccncc1O)N(CCO)C1CCCCC1. The fourth-order valence-corrected chi connectivity index (χ4v) is 2.67. The molecule has 19 heavy (non-hydrogen) atoms. The minimum absolute atomic E-state index is 0.0614. The average Bonchev–Trinajstić information content (AvgIpc) is 2.45. The zero-order valence-corrected chi connectivity index (χ0v) is 11.0. The molecule has 1 aromatic rings. The topological polar surface area (TPSA) is 73.7 Å². The number of aromatic hydroxyl groups is 1. The third kappa shape index (κ3) is 3.23. The molecular formula is C14H20N2O3. The lowest BCUT2D eigenvalue weighted by Gasteiger charge is -2.34. The number of amides is 1. The Hall–Kier alpha value is -1.62. The first-order valence-electron chi connectivity index (χ1n) is 6.79. The third-order valence-electron chi connectivity index (χ3n) is 3.65. The summed E-state index contributed by atoms with van der Waals surface area (Å²) in [5.41, 5.74) is 0.258. The van der Waals surface area contributed by atoms with Crippen LogP contribution < -0.4 is 0 Å². The van der Waals surface area contributed by atoms with Crippen LogP contribution in [0.2, 0.25) is 0 Å². The Morgan fingerprint density at radius 1 is 1.37 bits per heavy atom. The monoisotopic (exact) mass is 264 g/mol. The van der Waals surface area contributed by atoms with Crippen LogP contribution in [-0.4, -0.2) is 45.2 Å². The van der Waals surface area contributed by atoms with Crippen LogP contribution in [0.4, 0.5) is 0 Å². The molecule has 1 aromatic heterocycles. The van der Waals surface area contributed by atoms with Gasteiger partial charge in [-0.05, 0) is 18.9 Å².